The first-order valence-electron chi connectivity index (χ1n) is 8.25. The Bertz CT molecular complexity index is 891. The van der Waals surface area contributed by atoms with Gasteiger partial charge in [-0.05, 0) is 60.5 Å². The summed E-state index contributed by atoms with van der Waals surface area (Å²) in [6, 6.07) is 12.5. The van der Waals surface area contributed by atoms with Gasteiger partial charge >= 0.3 is 0 Å². The topological polar surface area (TPSA) is 66.8 Å². The summed E-state index contributed by atoms with van der Waals surface area (Å²) >= 11 is 0.920. The van der Waals surface area contributed by atoms with Crippen molar-refractivity contribution in [3.63, 3.8) is 0 Å². The minimum Gasteiger partial charge on any atom is -0.504 e. The summed E-state index contributed by atoms with van der Waals surface area (Å²) in [4.78, 5) is 26.5. The predicted octanol–water partition coefficient (Wildman–Crippen LogP) is 4.34. The molecule has 134 valence electrons. The van der Waals surface area contributed by atoms with E-state index in [0.717, 1.165) is 22.9 Å². The zero-order valence-electron chi connectivity index (χ0n) is 14.6. The molecule has 2 aromatic rings. The van der Waals surface area contributed by atoms with E-state index >= 15 is 0 Å². The number of imide groups is 1. The number of thioether (sulfide) groups is 1. The van der Waals surface area contributed by atoms with Crippen LogP contribution in [-0.4, -0.2) is 27.8 Å². The number of nitrogens with zero attached hydrogens (tertiary/aromatic N) is 1. The maximum Gasteiger partial charge on any atom is 0.293 e. The Balaban J connectivity index is 1.83. The van der Waals surface area contributed by atoms with Crippen molar-refractivity contribution in [3.8, 4) is 11.5 Å². The van der Waals surface area contributed by atoms with Gasteiger partial charge in [-0.25, -0.2) is 0 Å². The summed E-state index contributed by atoms with van der Waals surface area (Å²) < 4.78 is 5.35. The number of rotatable bonds is 5. The lowest BCUT2D eigenvalue weighted by molar-refractivity contribution is -0.123. The number of hydrogen-bond acceptors (Lipinski definition) is 5. The smallest absolute Gasteiger partial charge is 0.293 e. The highest BCUT2D eigenvalue weighted by molar-refractivity contribution is 8.18. The summed E-state index contributed by atoms with van der Waals surface area (Å²) in [5.74, 6) is 0.0753. The van der Waals surface area contributed by atoms with E-state index in [1.54, 1.807) is 18.2 Å². The average Bonchev–Trinajstić information content (AvgIpc) is 2.87. The second-order valence-corrected chi connectivity index (χ2v) is 6.85. The van der Waals surface area contributed by atoms with Gasteiger partial charge in [0.05, 0.1) is 18.1 Å². The van der Waals surface area contributed by atoms with Crippen LogP contribution >= 0.6 is 11.8 Å². The van der Waals surface area contributed by atoms with Crippen LogP contribution in [0.15, 0.2) is 47.4 Å². The number of benzene rings is 2. The summed E-state index contributed by atoms with van der Waals surface area (Å²) in [7, 11) is 0. The molecule has 0 atom stereocenters. The van der Waals surface area contributed by atoms with Crippen molar-refractivity contribution in [1.82, 2.24) is 4.90 Å². The fourth-order valence-corrected chi connectivity index (χ4v) is 3.48. The highest BCUT2D eigenvalue weighted by atomic mass is 32.2. The molecule has 0 radical (unpaired) electrons. The molecule has 0 saturated carbocycles. The number of amides is 2. The molecule has 0 aliphatic carbocycles. The van der Waals surface area contributed by atoms with Gasteiger partial charge in [0, 0.05) is 0 Å². The minimum atomic E-state index is -0.311. The van der Waals surface area contributed by atoms with Crippen LogP contribution in [0, 0.1) is 6.92 Å². The zero-order valence-corrected chi connectivity index (χ0v) is 15.4. The van der Waals surface area contributed by atoms with Crippen molar-refractivity contribution in [2.24, 2.45) is 0 Å². The van der Waals surface area contributed by atoms with Gasteiger partial charge in [-0.3, -0.25) is 14.5 Å². The summed E-state index contributed by atoms with van der Waals surface area (Å²) in [6.45, 7) is 4.46. The maximum absolute atomic E-state index is 12.6. The van der Waals surface area contributed by atoms with E-state index in [9.17, 15) is 14.7 Å². The Morgan fingerprint density at radius 3 is 2.69 bits per heavy atom. The van der Waals surface area contributed by atoms with Crippen LogP contribution in [0.5, 0.6) is 11.5 Å². The van der Waals surface area contributed by atoms with Crippen molar-refractivity contribution in [3.05, 3.63) is 64.1 Å². The summed E-state index contributed by atoms with van der Waals surface area (Å²) in [5.41, 5.74) is 2.67. The Hall–Kier alpha value is -2.73. The number of aryl methyl sites for hydroxylation is 1. The zero-order chi connectivity index (χ0) is 18.7. The molecule has 1 saturated heterocycles. The van der Waals surface area contributed by atoms with Crippen molar-refractivity contribution in [2.75, 3.05) is 6.61 Å². The Morgan fingerprint density at radius 1 is 1.19 bits per heavy atom. The summed E-state index contributed by atoms with van der Waals surface area (Å²) in [5, 5.41) is 9.49. The van der Waals surface area contributed by atoms with Crippen molar-refractivity contribution < 1.29 is 19.4 Å². The average molecular weight is 369 g/mol. The van der Waals surface area contributed by atoms with Crippen LogP contribution in [0.2, 0.25) is 0 Å². The number of aromatic hydroxyl groups is 1. The van der Waals surface area contributed by atoms with Crippen molar-refractivity contribution in [1.29, 1.82) is 0 Å². The highest BCUT2D eigenvalue weighted by Gasteiger charge is 2.35. The fraction of sp³-hybridized carbons (Fsp3) is 0.200. The molecule has 0 aromatic heterocycles. The van der Waals surface area contributed by atoms with Crippen LogP contribution in [0.1, 0.15) is 23.6 Å². The molecule has 1 aliphatic rings. The number of ether oxygens (including phenoxy) is 1. The van der Waals surface area contributed by atoms with Crippen LogP contribution in [0.25, 0.3) is 6.08 Å². The van der Waals surface area contributed by atoms with Gasteiger partial charge in [-0.1, -0.05) is 30.3 Å². The molecule has 1 fully saturated rings. The lowest BCUT2D eigenvalue weighted by Gasteiger charge is -2.14. The second-order valence-electron chi connectivity index (χ2n) is 5.85. The normalized spacial score (nSPS) is 15.8. The fourth-order valence-electron chi connectivity index (χ4n) is 2.64. The van der Waals surface area contributed by atoms with Gasteiger partial charge in [0.2, 0.25) is 0 Å². The minimum absolute atomic E-state index is 0.0386. The van der Waals surface area contributed by atoms with Gasteiger partial charge in [-0.15, -0.1) is 0 Å². The molecule has 0 unspecified atom stereocenters. The molecule has 1 N–H and O–H groups in total. The van der Waals surface area contributed by atoms with E-state index in [2.05, 4.69) is 0 Å². The molecule has 1 heterocycles. The molecule has 2 amide bonds. The van der Waals surface area contributed by atoms with E-state index < -0.39 is 0 Å². The summed E-state index contributed by atoms with van der Waals surface area (Å²) in [6.07, 6.45) is 1.64. The number of phenolic OH excluding ortho intramolecular Hbond substituents is 1. The van der Waals surface area contributed by atoms with E-state index in [0.29, 0.717) is 22.8 Å². The first-order valence-corrected chi connectivity index (χ1v) is 9.07. The van der Waals surface area contributed by atoms with Gasteiger partial charge in [0.25, 0.3) is 11.1 Å². The Kier molecular flexibility index (Phi) is 5.32. The molecule has 1 aliphatic heterocycles. The number of hydrogen-bond donors (Lipinski definition) is 1. The quantitative estimate of drug-likeness (QED) is 0.795. The SMILES string of the molecule is CCOc1cc(/C=C2\SC(=O)N(Cc3ccccc3C)C2=O)ccc1O. The van der Waals surface area contributed by atoms with E-state index in [1.165, 1.54) is 11.0 Å². The lowest BCUT2D eigenvalue weighted by Crippen LogP contribution is -2.27. The van der Waals surface area contributed by atoms with Crippen LogP contribution < -0.4 is 4.74 Å². The van der Waals surface area contributed by atoms with Crippen LogP contribution in [0.4, 0.5) is 4.79 Å². The molecule has 0 bridgehead atoms. The molecule has 3 rings (SSSR count). The first kappa shape index (κ1) is 18.1. The molecule has 5 nitrogen and oxygen atoms in total. The molecular formula is C20H19NO4S. The molecule has 6 heteroatoms. The lowest BCUT2D eigenvalue weighted by atomic mass is 10.1. The predicted molar refractivity (Wildman–Crippen MR) is 102 cm³/mol. The molecule has 26 heavy (non-hydrogen) atoms. The largest absolute Gasteiger partial charge is 0.504 e. The highest BCUT2D eigenvalue weighted by Crippen LogP contribution is 2.35. The Morgan fingerprint density at radius 2 is 1.96 bits per heavy atom. The van der Waals surface area contributed by atoms with Crippen molar-refractivity contribution in [2.45, 2.75) is 20.4 Å². The van der Waals surface area contributed by atoms with Gasteiger partial charge in [0.15, 0.2) is 11.5 Å². The van der Waals surface area contributed by atoms with E-state index in [4.69, 9.17) is 4.74 Å². The molecular weight excluding hydrogens is 350 g/mol. The standard InChI is InChI=1S/C20H19NO4S/c1-3-25-17-10-14(8-9-16(17)22)11-18-19(23)21(20(24)26-18)12-15-7-5-4-6-13(15)2/h4-11,22H,3,12H2,1-2H3/b18-11-. The number of carbonyl (C=O) groups excluding carboxylic acids is 2. The van der Waals surface area contributed by atoms with Gasteiger partial charge in [-0.2, -0.15) is 0 Å². The Labute approximate surface area is 156 Å². The third kappa shape index (κ3) is 3.75. The first-order chi connectivity index (χ1) is 12.5. The van der Waals surface area contributed by atoms with Crippen LogP contribution in [0.3, 0.4) is 0 Å². The van der Waals surface area contributed by atoms with Gasteiger partial charge < -0.3 is 9.84 Å². The monoisotopic (exact) mass is 369 g/mol. The molecule has 0 spiro atoms. The maximum atomic E-state index is 12.6. The third-order valence-corrected chi connectivity index (χ3v) is 4.95. The third-order valence-electron chi connectivity index (χ3n) is 4.04. The van der Waals surface area contributed by atoms with Gasteiger partial charge in [0.1, 0.15) is 0 Å². The molecule has 2 aromatic carbocycles. The number of carbonyl (C=O) groups is 2. The van der Waals surface area contributed by atoms with E-state index in [1.807, 2.05) is 38.1 Å². The van der Waals surface area contributed by atoms with Crippen molar-refractivity contribution >= 4 is 29.0 Å². The van der Waals surface area contributed by atoms with Crippen LogP contribution in [-0.2, 0) is 11.3 Å². The number of phenols is 1. The van der Waals surface area contributed by atoms with E-state index in [-0.39, 0.29) is 23.4 Å². The second kappa shape index (κ2) is 7.66.